The van der Waals surface area contributed by atoms with Crippen LogP contribution in [0.1, 0.15) is 26.0 Å². The molecule has 5 heteroatoms. The third kappa shape index (κ3) is 2.29. The number of aromatic amines is 1. The summed E-state index contributed by atoms with van der Waals surface area (Å²) in [5.74, 6) is 0. The van der Waals surface area contributed by atoms with Crippen molar-refractivity contribution in [2.45, 2.75) is 32.7 Å². The summed E-state index contributed by atoms with van der Waals surface area (Å²) in [7, 11) is 0. The molecule has 4 nitrogen and oxygen atoms in total. The number of aromatic nitrogens is 1. The number of halogens is 1. The fourth-order valence-corrected chi connectivity index (χ4v) is 2.76. The van der Waals surface area contributed by atoms with E-state index in [-0.39, 0.29) is 11.5 Å². The summed E-state index contributed by atoms with van der Waals surface area (Å²) >= 11 is 3.34. The van der Waals surface area contributed by atoms with Gasteiger partial charge in [0.2, 0.25) is 12.0 Å². The van der Waals surface area contributed by atoms with E-state index in [2.05, 4.69) is 20.9 Å². The van der Waals surface area contributed by atoms with Gasteiger partial charge in [-0.3, -0.25) is 4.79 Å². The molecule has 0 fully saturated rings. The van der Waals surface area contributed by atoms with E-state index in [1.807, 2.05) is 26.0 Å². The van der Waals surface area contributed by atoms with Gasteiger partial charge in [-0.05, 0) is 28.1 Å². The number of rotatable bonds is 3. The average Bonchev–Trinajstić information content (AvgIpc) is 2.75. The second-order valence-corrected chi connectivity index (χ2v) is 6.01. The number of H-pyrrole nitrogens is 1. The molecule has 1 aromatic heterocycles. The van der Waals surface area contributed by atoms with Gasteiger partial charge >= 0.3 is 0 Å². The van der Waals surface area contributed by atoms with Gasteiger partial charge in [-0.1, -0.05) is 13.8 Å². The molecule has 0 saturated carbocycles. The van der Waals surface area contributed by atoms with Crippen LogP contribution in [-0.2, 0) is 11.2 Å². The molecule has 0 aliphatic carbocycles. The van der Waals surface area contributed by atoms with Gasteiger partial charge in [0.05, 0.1) is 11.0 Å². The maximum Gasteiger partial charge on any atom is 0.228 e. The van der Waals surface area contributed by atoms with Crippen LogP contribution in [0.5, 0.6) is 0 Å². The predicted octanol–water partition coefficient (Wildman–Crippen LogP) is 2.27. The number of nitrogens with one attached hydrogen (secondary N) is 1. The van der Waals surface area contributed by atoms with E-state index < -0.39 is 0 Å². The smallest absolute Gasteiger partial charge is 0.228 e. The van der Waals surface area contributed by atoms with Gasteiger partial charge in [-0.15, -0.1) is 0 Å². The molecule has 17 heavy (non-hydrogen) atoms. The van der Waals surface area contributed by atoms with Crippen LogP contribution in [0.25, 0.3) is 0 Å². The molecule has 0 radical (unpaired) electrons. The quantitative estimate of drug-likeness (QED) is 0.529. The van der Waals surface area contributed by atoms with E-state index in [9.17, 15) is 10.0 Å². The van der Waals surface area contributed by atoms with Crippen molar-refractivity contribution in [3.05, 3.63) is 27.6 Å². The van der Waals surface area contributed by atoms with Crippen LogP contribution < -0.4 is 0 Å². The van der Waals surface area contributed by atoms with E-state index in [1.54, 1.807) is 0 Å². The first-order chi connectivity index (χ1) is 7.94. The monoisotopic (exact) mass is 298 g/mol. The first-order valence-corrected chi connectivity index (χ1v) is 6.34. The Hall–Kier alpha value is -1.10. The number of carbonyl (C=O) groups excluding carboxylic acids is 1. The Kier molecular flexibility index (Phi) is 3.12. The summed E-state index contributed by atoms with van der Waals surface area (Å²) in [6, 6.07) is 3.68. The molecule has 2 heterocycles. The molecule has 0 amide bonds. The fraction of sp³-hybridized carbons (Fsp3) is 0.500. The maximum atomic E-state index is 12.0. The summed E-state index contributed by atoms with van der Waals surface area (Å²) in [4.78, 5) is 14.0. The first kappa shape index (κ1) is 12.4. The van der Waals surface area contributed by atoms with Crippen LogP contribution in [0.4, 0.5) is 0 Å². The molecule has 1 aromatic rings. The Labute approximate surface area is 108 Å². The standard InChI is InChI=1S/C12H15BrN2O2/c1-12(2)6-9(7-16)15(17)10(12)5-8-3-4-11(13)14-8/h3-4,7,10,14H,5-6H2,1-2H3. The van der Waals surface area contributed by atoms with Gasteiger partial charge in [0.1, 0.15) is 0 Å². The number of hydroxylamine groups is 1. The molecule has 1 aliphatic heterocycles. The van der Waals surface area contributed by atoms with Gasteiger partial charge < -0.3 is 10.2 Å². The highest BCUT2D eigenvalue weighted by Gasteiger charge is 2.45. The summed E-state index contributed by atoms with van der Waals surface area (Å²) in [6.07, 6.45) is 1.85. The van der Waals surface area contributed by atoms with Crippen molar-refractivity contribution >= 4 is 27.9 Å². The van der Waals surface area contributed by atoms with Crippen molar-refractivity contribution in [1.29, 1.82) is 0 Å². The molecular formula is C12H15BrN2O2. The van der Waals surface area contributed by atoms with E-state index >= 15 is 0 Å². The number of hydrogen-bond acceptors (Lipinski definition) is 2. The number of nitrogens with zero attached hydrogens (tertiary/aromatic N) is 1. The largest absolute Gasteiger partial charge is 0.623 e. The van der Waals surface area contributed by atoms with Gasteiger partial charge in [-0.25, -0.2) is 4.74 Å². The molecule has 0 aromatic carbocycles. The van der Waals surface area contributed by atoms with Crippen molar-refractivity contribution in [2.75, 3.05) is 0 Å². The Morgan fingerprint density at radius 1 is 1.65 bits per heavy atom. The van der Waals surface area contributed by atoms with Crippen LogP contribution in [0.2, 0.25) is 0 Å². The second-order valence-electron chi connectivity index (χ2n) is 5.15. The fourth-order valence-electron chi connectivity index (χ4n) is 2.37. The minimum Gasteiger partial charge on any atom is -0.623 e. The van der Waals surface area contributed by atoms with Crippen molar-refractivity contribution in [3.8, 4) is 0 Å². The maximum absolute atomic E-state index is 12.0. The highest BCUT2D eigenvalue weighted by molar-refractivity contribution is 9.10. The molecule has 1 aliphatic rings. The normalized spacial score (nSPS) is 23.1. The van der Waals surface area contributed by atoms with Crippen molar-refractivity contribution < 1.29 is 9.53 Å². The minimum atomic E-state index is -0.187. The topological polar surface area (TPSA) is 58.9 Å². The van der Waals surface area contributed by atoms with Crippen molar-refractivity contribution in [3.63, 3.8) is 0 Å². The molecule has 1 atom stereocenters. The van der Waals surface area contributed by atoms with Crippen LogP contribution >= 0.6 is 15.9 Å². The summed E-state index contributed by atoms with van der Waals surface area (Å²) < 4.78 is 1.78. The molecule has 1 N–H and O–H groups in total. The van der Waals surface area contributed by atoms with Gasteiger partial charge in [0, 0.05) is 17.5 Å². The lowest BCUT2D eigenvalue weighted by Crippen LogP contribution is -2.33. The van der Waals surface area contributed by atoms with Crippen molar-refractivity contribution in [2.24, 2.45) is 5.41 Å². The molecule has 0 saturated heterocycles. The van der Waals surface area contributed by atoms with Gasteiger partial charge in [0.25, 0.3) is 0 Å². The SMILES string of the molecule is CC1(C)CC(C=O)=[N+]([O-])C1Cc1ccc(Br)[nH]1. The van der Waals surface area contributed by atoms with Crippen LogP contribution in [0.3, 0.4) is 0 Å². The molecule has 0 bridgehead atoms. The van der Waals surface area contributed by atoms with E-state index in [4.69, 9.17) is 0 Å². The number of hydrogen-bond donors (Lipinski definition) is 1. The Morgan fingerprint density at radius 3 is 2.82 bits per heavy atom. The first-order valence-electron chi connectivity index (χ1n) is 5.55. The minimum absolute atomic E-state index is 0.171. The second kappa shape index (κ2) is 4.29. The number of aldehydes is 1. The van der Waals surface area contributed by atoms with Crippen LogP contribution in [-0.4, -0.2) is 27.8 Å². The van der Waals surface area contributed by atoms with Gasteiger partial charge in [-0.2, -0.15) is 0 Å². The molecule has 1 unspecified atom stereocenters. The zero-order valence-electron chi connectivity index (χ0n) is 9.87. The summed E-state index contributed by atoms with van der Waals surface area (Å²) in [5.41, 5.74) is 1.18. The lowest BCUT2D eigenvalue weighted by atomic mass is 9.81. The third-order valence-corrected chi connectivity index (χ3v) is 3.83. The lowest BCUT2D eigenvalue weighted by molar-refractivity contribution is -0.505. The van der Waals surface area contributed by atoms with E-state index in [0.717, 1.165) is 15.0 Å². The Bertz CT molecular complexity index is 477. The highest BCUT2D eigenvalue weighted by Crippen LogP contribution is 2.35. The predicted molar refractivity (Wildman–Crippen MR) is 69.1 cm³/mol. The molecule has 2 rings (SSSR count). The van der Waals surface area contributed by atoms with Crippen molar-refractivity contribution in [1.82, 2.24) is 4.98 Å². The molecule has 0 spiro atoms. The van der Waals surface area contributed by atoms with E-state index in [1.165, 1.54) is 0 Å². The molecular weight excluding hydrogens is 284 g/mol. The zero-order valence-corrected chi connectivity index (χ0v) is 11.5. The zero-order chi connectivity index (χ0) is 12.6. The van der Waals surface area contributed by atoms with Crippen LogP contribution in [0, 0.1) is 10.6 Å². The van der Waals surface area contributed by atoms with E-state index in [0.29, 0.717) is 24.8 Å². The Morgan fingerprint density at radius 2 is 2.35 bits per heavy atom. The Balaban J connectivity index is 2.24. The third-order valence-electron chi connectivity index (χ3n) is 3.37. The summed E-state index contributed by atoms with van der Waals surface area (Å²) in [6.45, 7) is 4.05. The molecule has 92 valence electrons. The number of carbonyl (C=O) groups is 1. The van der Waals surface area contributed by atoms with Gasteiger partial charge in [0.15, 0.2) is 6.04 Å². The lowest BCUT2D eigenvalue weighted by Gasteiger charge is -2.23. The summed E-state index contributed by atoms with van der Waals surface area (Å²) in [5, 5.41) is 12.0. The van der Waals surface area contributed by atoms with Crippen LogP contribution in [0.15, 0.2) is 16.7 Å². The average molecular weight is 299 g/mol. The highest BCUT2D eigenvalue weighted by atomic mass is 79.9.